The SMILES string of the molecule is COC(=O)c1ccc(N2CC(S(=O)(=O)Cl)CC2=O)c(Cl)c1. The van der Waals surface area contributed by atoms with Crippen LogP contribution in [0.3, 0.4) is 0 Å². The molecule has 1 aromatic rings. The van der Waals surface area contributed by atoms with Gasteiger partial charge in [0.25, 0.3) is 0 Å². The smallest absolute Gasteiger partial charge is 0.337 e. The number of ether oxygens (including phenoxy) is 1. The summed E-state index contributed by atoms with van der Waals surface area (Å²) in [6.45, 7) is -0.0675. The van der Waals surface area contributed by atoms with E-state index in [1.165, 1.54) is 30.2 Å². The lowest BCUT2D eigenvalue weighted by molar-refractivity contribution is -0.117. The minimum atomic E-state index is -3.82. The van der Waals surface area contributed by atoms with Crippen molar-refractivity contribution in [2.45, 2.75) is 11.7 Å². The largest absolute Gasteiger partial charge is 0.465 e. The van der Waals surface area contributed by atoms with Crippen molar-refractivity contribution in [1.29, 1.82) is 0 Å². The van der Waals surface area contributed by atoms with Crippen molar-refractivity contribution in [1.82, 2.24) is 0 Å². The van der Waals surface area contributed by atoms with E-state index in [-0.39, 0.29) is 23.6 Å². The van der Waals surface area contributed by atoms with Gasteiger partial charge in [-0.15, -0.1) is 0 Å². The van der Waals surface area contributed by atoms with Gasteiger partial charge in [-0.25, -0.2) is 13.2 Å². The number of anilines is 1. The van der Waals surface area contributed by atoms with Crippen molar-refractivity contribution in [2.24, 2.45) is 0 Å². The summed E-state index contributed by atoms with van der Waals surface area (Å²) in [4.78, 5) is 24.5. The number of hydrogen-bond acceptors (Lipinski definition) is 5. The van der Waals surface area contributed by atoms with Crippen LogP contribution in [0.25, 0.3) is 0 Å². The van der Waals surface area contributed by atoms with E-state index in [9.17, 15) is 18.0 Å². The van der Waals surface area contributed by atoms with Gasteiger partial charge in [-0.3, -0.25) is 4.79 Å². The summed E-state index contributed by atoms with van der Waals surface area (Å²) in [5.74, 6) is -0.950. The molecule has 1 atom stereocenters. The second kappa shape index (κ2) is 5.82. The molecule has 0 N–H and O–H groups in total. The lowest BCUT2D eigenvalue weighted by Gasteiger charge is -2.18. The van der Waals surface area contributed by atoms with Gasteiger partial charge in [-0.1, -0.05) is 11.6 Å². The number of carbonyl (C=O) groups excluding carboxylic acids is 2. The summed E-state index contributed by atoms with van der Waals surface area (Å²) in [5.41, 5.74) is 0.566. The zero-order chi connectivity index (χ0) is 15.8. The minimum Gasteiger partial charge on any atom is -0.465 e. The third kappa shape index (κ3) is 3.30. The van der Waals surface area contributed by atoms with Crippen LogP contribution >= 0.6 is 22.3 Å². The molecule has 0 aliphatic carbocycles. The highest BCUT2D eigenvalue weighted by Crippen LogP contribution is 2.32. The van der Waals surface area contributed by atoms with E-state index in [1.807, 2.05) is 0 Å². The Morgan fingerprint density at radius 2 is 2.10 bits per heavy atom. The number of hydrogen-bond donors (Lipinski definition) is 0. The van der Waals surface area contributed by atoms with Crippen LogP contribution < -0.4 is 4.90 Å². The Morgan fingerprint density at radius 3 is 2.57 bits per heavy atom. The molecule has 1 aromatic carbocycles. The molecule has 1 aliphatic heterocycles. The first-order valence-electron chi connectivity index (χ1n) is 5.85. The van der Waals surface area contributed by atoms with E-state index in [1.54, 1.807) is 0 Å². The number of esters is 1. The molecular weight excluding hydrogens is 341 g/mol. The van der Waals surface area contributed by atoms with Crippen molar-refractivity contribution in [2.75, 3.05) is 18.6 Å². The Morgan fingerprint density at radius 1 is 1.43 bits per heavy atom. The quantitative estimate of drug-likeness (QED) is 0.612. The van der Waals surface area contributed by atoms with Crippen molar-refractivity contribution < 1.29 is 22.7 Å². The first-order chi connectivity index (χ1) is 9.74. The summed E-state index contributed by atoms with van der Waals surface area (Å²) in [5, 5.41) is -0.818. The van der Waals surface area contributed by atoms with Gasteiger partial charge in [0.1, 0.15) is 5.25 Å². The summed E-state index contributed by atoms with van der Waals surface area (Å²) in [6, 6.07) is 4.27. The maximum atomic E-state index is 11.9. The molecule has 6 nitrogen and oxygen atoms in total. The molecule has 0 radical (unpaired) electrons. The fourth-order valence-corrected chi connectivity index (χ4v) is 3.38. The molecule has 0 bridgehead atoms. The summed E-state index contributed by atoms with van der Waals surface area (Å²) in [7, 11) is 2.70. The molecule has 0 aromatic heterocycles. The lowest BCUT2D eigenvalue weighted by Crippen LogP contribution is -2.27. The van der Waals surface area contributed by atoms with Gasteiger partial charge in [-0.2, -0.15) is 0 Å². The second-order valence-corrected chi connectivity index (χ2v) is 7.78. The zero-order valence-electron chi connectivity index (χ0n) is 10.9. The van der Waals surface area contributed by atoms with Crippen LogP contribution in [0, 0.1) is 0 Å². The molecule has 2 rings (SSSR count). The average molecular weight is 352 g/mol. The van der Waals surface area contributed by atoms with Gasteiger partial charge < -0.3 is 9.64 Å². The van der Waals surface area contributed by atoms with Gasteiger partial charge >= 0.3 is 5.97 Å². The molecule has 1 fully saturated rings. The van der Waals surface area contributed by atoms with Crippen LogP contribution in [0.15, 0.2) is 18.2 Å². The van der Waals surface area contributed by atoms with E-state index in [4.69, 9.17) is 22.3 Å². The number of nitrogens with zero attached hydrogens (tertiary/aromatic N) is 1. The first kappa shape index (κ1) is 16.1. The monoisotopic (exact) mass is 351 g/mol. The number of benzene rings is 1. The molecule has 1 unspecified atom stereocenters. The molecule has 21 heavy (non-hydrogen) atoms. The Balaban J connectivity index is 2.31. The second-order valence-electron chi connectivity index (χ2n) is 4.46. The summed E-state index contributed by atoms with van der Waals surface area (Å²) >= 11 is 6.05. The summed E-state index contributed by atoms with van der Waals surface area (Å²) in [6.07, 6.45) is -0.194. The molecule has 1 aliphatic rings. The molecule has 114 valence electrons. The maximum absolute atomic E-state index is 11.9. The number of rotatable bonds is 3. The standard InChI is InChI=1S/C12H11Cl2NO5S/c1-20-12(17)7-2-3-10(9(13)4-7)15-6-8(5-11(15)16)21(14,18)19/h2-4,8H,5-6H2,1H3. The molecular formula is C12H11Cl2NO5S. The number of halogens is 2. The fraction of sp³-hybridized carbons (Fsp3) is 0.333. The van der Waals surface area contributed by atoms with Gasteiger partial charge in [0, 0.05) is 23.6 Å². The van der Waals surface area contributed by atoms with Crippen LogP contribution in [0.2, 0.25) is 5.02 Å². The normalized spacial score (nSPS) is 18.9. The predicted molar refractivity (Wildman–Crippen MR) is 78.3 cm³/mol. The Bertz CT molecular complexity index is 704. The van der Waals surface area contributed by atoms with Crippen molar-refractivity contribution in [3.63, 3.8) is 0 Å². The van der Waals surface area contributed by atoms with Crippen molar-refractivity contribution >= 4 is 48.9 Å². The van der Waals surface area contributed by atoms with E-state index >= 15 is 0 Å². The Hall–Kier alpha value is -1.31. The third-order valence-corrected chi connectivity index (χ3v) is 5.32. The molecule has 9 heteroatoms. The topological polar surface area (TPSA) is 80.8 Å². The average Bonchev–Trinajstić information content (AvgIpc) is 2.79. The number of carbonyl (C=O) groups is 2. The molecule has 0 spiro atoms. The molecule has 1 amide bonds. The molecule has 1 heterocycles. The van der Waals surface area contributed by atoms with Gasteiger partial charge in [-0.05, 0) is 18.2 Å². The number of amides is 1. The van der Waals surface area contributed by atoms with E-state index in [0.717, 1.165) is 0 Å². The van der Waals surface area contributed by atoms with Gasteiger partial charge in [0.2, 0.25) is 15.0 Å². The third-order valence-electron chi connectivity index (χ3n) is 3.15. The Kier molecular flexibility index (Phi) is 4.46. The summed E-state index contributed by atoms with van der Waals surface area (Å²) < 4.78 is 27.2. The van der Waals surface area contributed by atoms with E-state index < -0.39 is 26.2 Å². The van der Waals surface area contributed by atoms with Crippen LogP contribution in [-0.4, -0.2) is 39.2 Å². The number of methoxy groups -OCH3 is 1. The van der Waals surface area contributed by atoms with Crippen molar-refractivity contribution in [3.05, 3.63) is 28.8 Å². The first-order valence-corrected chi connectivity index (χ1v) is 8.60. The maximum Gasteiger partial charge on any atom is 0.337 e. The van der Waals surface area contributed by atoms with Crippen LogP contribution in [0.4, 0.5) is 5.69 Å². The van der Waals surface area contributed by atoms with E-state index in [0.29, 0.717) is 5.69 Å². The highest BCUT2D eigenvalue weighted by atomic mass is 35.7. The van der Waals surface area contributed by atoms with Crippen LogP contribution in [0.5, 0.6) is 0 Å². The van der Waals surface area contributed by atoms with Gasteiger partial charge in [0.05, 0.1) is 23.4 Å². The zero-order valence-corrected chi connectivity index (χ0v) is 13.2. The van der Waals surface area contributed by atoms with Crippen LogP contribution in [-0.2, 0) is 18.6 Å². The van der Waals surface area contributed by atoms with Gasteiger partial charge in [0.15, 0.2) is 0 Å². The minimum absolute atomic E-state index is 0.0675. The van der Waals surface area contributed by atoms with Crippen LogP contribution in [0.1, 0.15) is 16.8 Å². The fourth-order valence-electron chi connectivity index (χ4n) is 2.07. The lowest BCUT2D eigenvalue weighted by atomic mass is 10.2. The Labute approximate surface area is 131 Å². The molecule has 0 saturated carbocycles. The molecule has 1 saturated heterocycles. The van der Waals surface area contributed by atoms with E-state index in [2.05, 4.69) is 4.74 Å². The predicted octanol–water partition coefficient (Wildman–Crippen LogP) is 1.80. The highest BCUT2D eigenvalue weighted by Gasteiger charge is 2.38. The highest BCUT2D eigenvalue weighted by molar-refractivity contribution is 8.14. The van der Waals surface area contributed by atoms with Crippen molar-refractivity contribution in [3.8, 4) is 0 Å².